The van der Waals surface area contributed by atoms with Crippen LogP contribution in [0.15, 0.2) is 53.0 Å². The SMILES string of the molecule is CC(=O)NN1C(N)=C(C#N)C(c2ccccc2)C2=C1CCCC2=O. The first kappa shape index (κ1) is 15.8. The smallest absolute Gasteiger partial charge is 0.235 e. The zero-order valence-electron chi connectivity index (χ0n) is 13.4. The Labute approximate surface area is 140 Å². The van der Waals surface area contributed by atoms with Gasteiger partial charge in [0.2, 0.25) is 5.91 Å². The molecule has 1 heterocycles. The fourth-order valence-corrected chi connectivity index (χ4v) is 3.35. The molecule has 0 bridgehead atoms. The van der Waals surface area contributed by atoms with Crippen LogP contribution in [0.1, 0.15) is 37.7 Å². The van der Waals surface area contributed by atoms with Gasteiger partial charge in [0.1, 0.15) is 5.82 Å². The molecule has 3 N–H and O–H groups in total. The summed E-state index contributed by atoms with van der Waals surface area (Å²) in [5.41, 5.74) is 11.2. The number of allylic oxidation sites excluding steroid dienone is 3. The first-order valence-electron chi connectivity index (χ1n) is 7.83. The summed E-state index contributed by atoms with van der Waals surface area (Å²) in [6.07, 6.45) is 1.77. The van der Waals surface area contributed by atoms with Crippen molar-refractivity contribution in [3.8, 4) is 6.07 Å². The van der Waals surface area contributed by atoms with Gasteiger partial charge in [0, 0.05) is 24.6 Å². The van der Waals surface area contributed by atoms with E-state index in [1.165, 1.54) is 11.9 Å². The van der Waals surface area contributed by atoms with Crippen molar-refractivity contribution >= 4 is 11.7 Å². The lowest BCUT2D eigenvalue weighted by Crippen LogP contribution is -2.47. The van der Waals surface area contributed by atoms with E-state index in [1.54, 1.807) is 0 Å². The zero-order valence-corrected chi connectivity index (χ0v) is 13.4. The fourth-order valence-electron chi connectivity index (χ4n) is 3.35. The summed E-state index contributed by atoms with van der Waals surface area (Å²) in [7, 11) is 0. The molecule has 1 amide bonds. The predicted octanol–water partition coefficient (Wildman–Crippen LogP) is 1.84. The van der Waals surface area contributed by atoms with Gasteiger partial charge >= 0.3 is 0 Å². The normalized spacial score (nSPS) is 20.6. The fraction of sp³-hybridized carbons (Fsp3) is 0.278. The summed E-state index contributed by atoms with van der Waals surface area (Å²) in [6, 6.07) is 11.5. The number of carbonyl (C=O) groups is 2. The lowest BCUT2D eigenvalue weighted by molar-refractivity contribution is -0.123. The van der Waals surface area contributed by atoms with Gasteiger partial charge in [-0.05, 0) is 18.4 Å². The number of benzene rings is 1. The van der Waals surface area contributed by atoms with Crippen LogP contribution in [0.25, 0.3) is 0 Å². The van der Waals surface area contributed by atoms with E-state index in [-0.39, 0.29) is 23.1 Å². The highest BCUT2D eigenvalue weighted by atomic mass is 16.2. The van der Waals surface area contributed by atoms with Crippen LogP contribution in [-0.2, 0) is 9.59 Å². The maximum atomic E-state index is 12.6. The Morgan fingerprint density at radius 2 is 2.04 bits per heavy atom. The monoisotopic (exact) mass is 322 g/mol. The van der Waals surface area contributed by atoms with E-state index in [1.807, 2.05) is 30.3 Å². The van der Waals surface area contributed by atoms with E-state index in [2.05, 4.69) is 11.5 Å². The van der Waals surface area contributed by atoms with E-state index in [0.717, 1.165) is 5.56 Å². The number of carbonyl (C=O) groups excluding carboxylic acids is 2. The minimum Gasteiger partial charge on any atom is -0.383 e. The third-order valence-corrected chi connectivity index (χ3v) is 4.32. The lowest BCUT2D eigenvalue weighted by Gasteiger charge is -2.39. The van der Waals surface area contributed by atoms with Gasteiger partial charge in [-0.15, -0.1) is 0 Å². The molecular formula is C18H18N4O2. The Morgan fingerprint density at radius 3 is 2.67 bits per heavy atom. The number of Topliss-reactive ketones (excluding diaryl/α,β-unsaturated/α-hetero) is 1. The van der Waals surface area contributed by atoms with Gasteiger partial charge < -0.3 is 5.73 Å². The molecule has 1 aromatic carbocycles. The quantitative estimate of drug-likeness (QED) is 0.865. The summed E-state index contributed by atoms with van der Waals surface area (Å²) >= 11 is 0. The molecule has 3 rings (SSSR count). The molecule has 2 aliphatic rings. The van der Waals surface area contributed by atoms with Crippen molar-refractivity contribution in [3.63, 3.8) is 0 Å². The number of ketones is 1. The van der Waals surface area contributed by atoms with Crippen LogP contribution in [0.2, 0.25) is 0 Å². The van der Waals surface area contributed by atoms with E-state index >= 15 is 0 Å². The van der Waals surface area contributed by atoms with Crippen LogP contribution in [0.4, 0.5) is 0 Å². The molecular weight excluding hydrogens is 304 g/mol. The van der Waals surface area contributed by atoms with Crippen LogP contribution < -0.4 is 11.2 Å². The molecule has 24 heavy (non-hydrogen) atoms. The Kier molecular flexibility index (Phi) is 4.09. The molecule has 0 aromatic heterocycles. The van der Waals surface area contributed by atoms with Gasteiger partial charge in [-0.1, -0.05) is 30.3 Å². The van der Waals surface area contributed by atoms with Gasteiger partial charge in [0.15, 0.2) is 5.78 Å². The molecule has 1 aromatic rings. The number of hydrogen-bond acceptors (Lipinski definition) is 5. The number of nitrogens with two attached hydrogens (primary N) is 1. The molecule has 0 radical (unpaired) electrons. The Bertz CT molecular complexity index is 802. The maximum absolute atomic E-state index is 12.6. The number of nitrogens with zero attached hydrogens (tertiary/aromatic N) is 2. The van der Waals surface area contributed by atoms with Crippen molar-refractivity contribution in [2.24, 2.45) is 5.73 Å². The number of rotatable bonds is 2. The molecule has 122 valence electrons. The minimum absolute atomic E-state index is 0.000653. The van der Waals surface area contributed by atoms with E-state index < -0.39 is 5.92 Å². The molecule has 0 saturated heterocycles. The predicted molar refractivity (Wildman–Crippen MR) is 87.5 cm³/mol. The number of amides is 1. The van der Waals surface area contributed by atoms with Gasteiger partial charge in [-0.3, -0.25) is 15.0 Å². The number of hydrogen-bond donors (Lipinski definition) is 2. The van der Waals surface area contributed by atoms with E-state index in [4.69, 9.17) is 5.73 Å². The summed E-state index contributed by atoms with van der Waals surface area (Å²) in [5, 5.41) is 11.1. The van der Waals surface area contributed by atoms with Gasteiger partial charge in [-0.25, -0.2) is 5.01 Å². The summed E-state index contributed by atoms with van der Waals surface area (Å²) in [4.78, 5) is 24.2. The lowest BCUT2D eigenvalue weighted by atomic mass is 9.76. The van der Waals surface area contributed by atoms with Crippen molar-refractivity contribution in [2.75, 3.05) is 0 Å². The molecule has 1 atom stereocenters. The zero-order chi connectivity index (χ0) is 17.3. The summed E-state index contributed by atoms with van der Waals surface area (Å²) in [5.74, 6) is -0.613. The third kappa shape index (κ3) is 2.54. The van der Waals surface area contributed by atoms with E-state index in [9.17, 15) is 14.9 Å². The van der Waals surface area contributed by atoms with Crippen LogP contribution in [0, 0.1) is 11.3 Å². The Balaban J connectivity index is 2.22. The highest BCUT2D eigenvalue weighted by molar-refractivity contribution is 5.99. The number of nitrogens with one attached hydrogen (secondary N) is 1. The summed E-state index contributed by atoms with van der Waals surface area (Å²) < 4.78 is 0. The van der Waals surface area contributed by atoms with Crippen molar-refractivity contribution < 1.29 is 9.59 Å². The number of hydrazine groups is 1. The first-order valence-corrected chi connectivity index (χ1v) is 7.83. The number of nitriles is 1. The van der Waals surface area contributed by atoms with Crippen molar-refractivity contribution in [1.82, 2.24) is 10.4 Å². The highest BCUT2D eigenvalue weighted by Crippen LogP contribution is 2.43. The van der Waals surface area contributed by atoms with E-state index in [0.29, 0.717) is 30.5 Å². The second-order valence-corrected chi connectivity index (χ2v) is 5.89. The molecule has 6 heteroatoms. The van der Waals surface area contributed by atoms with Gasteiger partial charge in [0.05, 0.1) is 17.6 Å². The van der Waals surface area contributed by atoms with Crippen LogP contribution >= 0.6 is 0 Å². The minimum atomic E-state index is -0.482. The first-order chi connectivity index (χ1) is 11.5. The Morgan fingerprint density at radius 1 is 1.33 bits per heavy atom. The second kappa shape index (κ2) is 6.20. The van der Waals surface area contributed by atoms with Crippen molar-refractivity contribution in [3.05, 3.63) is 58.6 Å². The largest absolute Gasteiger partial charge is 0.383 e. The standard InChI is InChI=1S/C18H18N4O2/c1-11(23)21-22-14-8-5-9-15(24)17(14)16(13(10-19)18(22)20)12-6-3-2-4-7-12/h2-4,6-7,16H,5,8-9,20H2,1H3,(H,21,23). The molecule has 0 saturated carbocycles. The van der Waals surface area contributed by atoms with Crippen molar-refractivity contribution in [1.29, 1.82) is 5.26 Å². The van der Waals surface area contributed by atoms with Gasteiger partial charge in [-0.2, -0.15) is 5.26 Å². The highest BCUT2D eigenvalue weighted by Gasteiger charge is 2.40. The van der Waals surface area contributed by atoms with Gasteiger partial charge in [0.25, 0.3) is 0 Å². The van der Waals surface area contributed by atoms with Crippen LogP contribution in [-0.4, -0.2) is 16.7 Å². The Hall–Kier alpha value is -3.07. The second-order valence-electron chi connectivity index (χ2n) is 5.89. The van der Waals surface area contributed by atoms with Crippen LogP contribution in [0.3, 0.4) is 0 Å². The molecule has 1 aliphatic carbocycles. The van der Waals surface area contributed by atoms with Crippen molar-refractivity contribution in [2.45, 2.75) is 32.1 Å². The molecule has 1 aliphatic heterocycles. The topological polar surface area (TPSA) is 99.2 Å². The summed E-state index contributed by atoms with van der Waals surface area (Å²) in [6.45, 7) is 1.37. The maximum Gasteiger partial charge on any atom is 0.235 e. The molecule has 1 unspecified atom stereocenters. The molecule has 6 nitrogen and oxygen atoms in total. The van der Waals surface area contributed by atoms with Crippen LogP contribution in [0.5, 0.6) is 0 Å². The average Bonchev–Trinajstić information content (AvgIpc) is 2.57. The average molecular weight is 322 g/mol. The molecule has 0 fully saturated rings. The third-order valence-electron chi connectivity index (χ3n) is 4.32. The molecule has 0 spiro atoms.